The van der Waals surface area contributed by atoms with Crippen molar-refractivity contribution in [3.63, 3.8) is 0 Å². The fourth-order valence-electron chi connectivity index (χ4n) is 1.60. The van der Waals surface area contributed by atoms with Gasteiger partial charge in [-0.15, -0.1) is 11.3 Å². The fraction of sp³-hybridized carbons (Fsp3) is 0.231. The predicted octanol–water partition coefficient (Wildman–Crippen LogP) is 1.62. The molecule has 0 saturated carbocycles. The number of carbonyl (C=O) groups is 2. The number of hydrogen-bond acceptors (Lipinski definition) is 5. The zero-order valence-corrected chi connectivity index (χ0v) is 11.6. The van der Waals surface area contributed by atoms with E-state index in [1.165, 1.54) is 17.6 Å². The zero-order valence-electron chi connectivity index (χ0n) is 10.8. The third kappa shape index (κ3) is 3.25. The number of furan rings is 1. The van der Waals surface area contributed by atoms with Gasteiger partial charge in [-0.3, -0.25) is 9.59 Å². The molecule has 0 aliphatic carbocycles. The third-order valence-electron chi connectivity index (χ3n) is 2.50. The minimum atomic E-state index is -0.362. The van der Waals surface area contributed by atoms with Crippen molar-refractivity contribution in [2.24, 2.45) is 0 Å². The van der Waals surface area contributed by atoms with E-state index >= 15 is 0 Å². The largest absolute Gasteiger partial charge is 0.459 e. The van der Waals surface area contributed by atoms with E-state index in [1.807, 2.05) is 0 Å². The maximum atomic E-state index is 11.8. The summed E-state index contributed by atoms with van der Waals surface area (Å²) in [5.41, 5.74) is 0.764. The average molecular weight is 294 g/mol. The Morgan fingerprint density at radius 1 is 1.40 bits per heavy atom. The molecule has 0 unspecified atom stereocenters. The van der Waals surface area contributed by atoms with Crippen LogP contribution in [-0.2, 0) is 0 Å². The number of amides is 2. The molecule has 0 aliphatic heterocycles. The van der Waals surface area contributed by atoms with Crippen LogP contribution in [0.4, 0.5) is 5.00 Å². The normalized spacial score (nSPS) is 10.3. The van der Waals surface area contributed by atoms with Crippen LogP contribution in [0.3, 0.4) is 0 Å². The zero-order chi connectivity index (χ0) is 14.5. The number of anilines is 1. The summed E-state index contributed by atoms with van der Waals surface area (Å²) in [5.74, 6) is -0.416. The summed E-state index contributed by atoms with van der Waals surface area (Å²) in [5, 5.41) is 14.5. The highest BCUT2D eigenvalue weighted by Gasteiger charge is 2.16. The molecular formula is C13H14N2O4S. The Balaban J connectivity index is 2.07. The maximum absolute atomic E-state index is 11.8. The topological polar surface area (TPSA) is 91.6 Å². The molecule has 2 aromatic rings. The van der Waals surface area contributed by atoms with Gasteiger partial charge in [-0.05, 0) is 30.7 Å². The van der Waals surface area contributed by atoms with Gasteiger partial charge >= 0.3 is 0 Å². The highest BCUT2D eigenvalue weighted by atomic mass is 32.1. The smallest absolute Gasteiger partial charge is 0.291 e. The van der Waals surface area contributed by atoms with Gasteiger partial charge in [0.2, 0.25) is 0 Å². The van der Waals surface area contributed by atoms with Gasteiger partial charge in [0.05, 0.1) is 22.7 Å². The minimum absolute atomic E-state index is 0.113. The molecule has 3 N–H and O–H groups in total. The second kappa shape index (κ2) is 6.36. The van der Waals surface area contributed by atoms with Crippen LogP contribution in [0.1, 0.15) is 25.8 Å². The van der Waals surface area contributed by atoms with Crippen LogP contribution in [0, 0.1) is 6.92 Å². The van der Waals surface area contributed by atoms with Crippen LogP contribution in [-0.4, -0.2) is 30.1 Å². The van der Waals surface area contributed by atoms with Crippen molar-refractivity contribution in [2.75, 3.05) is 18.5 Å². The molecule has 0 aromatic carbocycles. The molecule has 106 valence electrons. The molecule has 0 fully saturated rings. The van der Waals surface area contributed by atoms with Gasteiger partial charge in [-0.2, -0.15) is 0 Å². The highest BCUT2D eigenvalue weighted by Crippen LogP contribution is 2.27. The predicted molar refractivity (Wildman–Crippen MR) is 75.1 cm³/mol. The summed E-state index contributed by atoms with van der Waals surface area (Å²) < 4.78 is 4.99. The molecule has 2 heterocycles. The standard InChI is InChI=1S/C13H14N2O4S/c1-8-7-10(15-12(17)9-3-2-6-19-9)20-11(8)13(18)14-4-5-16/h2-3,6-7,16H,4-5H2,1H3,(H,14,18)(H,15,17). The van der Waals surface area contributed by atoms with Crippen molar-refractivity contribution < 1.29 is 19.1 Å². The molecule has 7 heteroatoms. The fourth-order valence-corrected chi connectivity index (χ4v) is 2.58. The summed E-state index contributed by atoms with van der Waals surface area (Å²) in [6.07, 6.45) is 1.42. The van der Waals surface area contributed by atoms with Gasteiger partial charge < -0.3 is 20.2 Å². The lowest BCUT2D eigenvalue weighted by Crippen LogP contribution is -2.26. The number of carbonyl (C=O) groups excluding carboxylic acids is 2. The molecule has 0 saturated heterocycles. The summed E-state index contributed by atoms with van der Waals surface area (Å²) >= 11 is 1.18. The first-order chi connectivity index (χ1) is 9.61. The van der Waals surface area contributed by atoms with E-state index in [9.17, 15) is 9.59 Å². The van der Waals surface area contributed by atoms with Crippen molar-refractivity contribution in [3.8, 4) is 0 Å². The van der Waals surface area contributed by atoms with Crippen molar-refractivity contribution in [1.29, 1.82) is 0 Å². The van der Waals surface area contributed by atoms with E-state index < -0.39 is 0 Å². The van der Waals surface area contributed by atoms with E-state index in [0.717, 1.165) is 5.56 Å². The van der Waals surface area contributed by atoms with E-state index in [4.69, 9.17) is 9.52 Å². The summed E-state index contributed by atoms with van der Waals surface area (Å²) in [6, 6.07) is 4.91. The molecule has 20 heavy (non-hydrogen) atoms. The number of rotatable bonds is 5. The van der Waals surface area contributed by atoms with Crippen LogP contribution in [0.15, 0.2) is 28.9 Å². The molecule has 0 atom stereocenters. The van der Waals surface area contributed by atoms with Crippen LogP contribution >= 0.6 is 11.3 Å². The van der Waals surface area contributed by atoms with Gasteiger partial charge in [-0.1, -0.05) is 0 Å². The second-order valence-corrected chi connectivity index (χ2v) is 5.09. The van der Waals surface area contributed by atoms with Crippen molar-refractivity contribution >= 4 is 28.2 Å². The van der Waals surface area contributed by atoms with E-state index in [1.54, 1.807) is 25.1 Å². The first kappa shape index (κ1) is 14.3. The number of aliphatic hydroxyl groups is 1. The number of thiophene rings is 1. The number of hydrogen-bond donors (Lipinski definition) is 3. The van der Waals surface area contributed by atoms with Gasteiger partial charge in [0.15, 0.2) is 5.76 Å². The Kier molecular flexibility index (Phi) is 4.54. The molecule has 0 spiro atoms. The van der Waals surface area contributed by atoms with Crippen LogP contribution in [0.2, 0.25) is 0 Å². The molecule has 0 aliphatic rings. The number of aliphatic hydroxyl groups excluding tert-OH is 1. The first-order valence-corrected chi connectivity index (χ1v) is 6.78. The van der Waals surface area contributed by atoms with E-state index in [-0.39, 0.29) is 30.7 Å². The Bertz CT molecular complexity index is 604. The van der Waals surface area contributed by atoms with Gasteiger partial charge in [0.1, 0.15) is 0 Å². The molecule has 2 rings (SSSR count). The summed E-state index contributed by atoms with van der Waals surface area (Å²) in [4.78, 5) is 24.1. The molecule has 0 radical (unpaired) electrons. The lowest BCUT2D eigenvalue weighted by atomic mass is 10.3. The third-order valence-corrected chi connectivity index (χ3v) is 3.65. The Labute approximate surface area is 119 Å². The minimum Gasteiger partial charge on any atom is -0.459 e. The second-order valence-electron chi connectivity index (χ2n) is 4.03. The Hall–Kier alpha value is -2.12. The Morgan fingerprint density at radius 3 is 2.85 bits per heavy atom. The molecule has 6 nitrogen and oxygen atoms in total. The van der Waals surface area contributed by atoms with Crippen molar-refractivity contribution in [3.05, 3.63) is 40.7 Å². The monoisotopic (exact) mass is 294 g/mol. The highest BCUT2D eigenvalue weighted by molar-refractivity contribution is 7.18. The van der Waals surface area contributed by atoms with Crippen LogP contribution in [0.5, 0.6) is 0 Å². The molecular weight excluding hydrogens is 280 g/mol. The molecule has 0 bridgehead atoms. The Morgan fingerprint density at radius 2 is 2.20 bits per heavy atom. The average Bonchev–Trinajstić information content (AvgIpc) is 3.05. The van der Waals surface area contributed by atoms with Crippen molar-refractivity contribution in [2.45, 2.75) is 6.92 Å². The van der Waals surface area contributed by atoms with E-state index in [2.05, 4.69) is 10.6 Å². The van der Waals surface area contributed by atoms with E-state index in [0.29, 0.717) is 9.88 Å². The van der Waals surface area contributed by atoms with Crippen LogP contribution in [0.25, 0.3) is 0 Å². The van der Waals surface area contributed by atoms with Gasteiger partial charge in [-0.25, -0.2) is 0 Å². The molecule has 2 aromatic heterocycles. The van der Waals surface area contributed by atoms with Gasteiger partial charge in [0.25, 0.3) is 11.8 Å². The molecule has 2 amide bonds. The number of nitrogens with one attached hydrogen (secondary N) is 2. The lowest BCUT2D eigenvalue weighted by Gasteiger charge is -2.01. The van der Waals surface area contributed by atoms with Crippen molar-refractivity contribution in [1.82, 2.24) is 5.32 Å². The summed E-state index contributed by atoms with van der Waals surface area (Å²) in [7, 11) is 0. The van der Waals surface area contributed by atoms with Crippen LogP contribution < -0.4 is 10.6 Å². The SMILES string of the molecule is Cc1cc(NC(=O)c2ccco2)sc1C(=O)NCCO. The number of aryl methyl sites for hydroxylation is 1. The maximum Gasteiger partial charge on any atom is 0.291 e. The quantitative estimate of drug-likeness (QED) is 0.781. The first-order valence-electron chi connectivity index (χ1n) is 5.96. The lowest BCUT2D eigenvalue weighted by molar-refractivity contribution is 0.0947. The van der Waals surface area contributed by atoms with Gasteiger partial charge in [0, 0.05) is 6.54 Å². The summed E-state index contributed by atoms with van der Waals surface area (Å²) in [6.45, 7) is 1.87.